The first-order valence-electron chi connectivity index (χ1n) is 6.19. The molecule has 0 saturated heterocycles. The number of aromatic nitrogens is 1. The van der Waals surface area contributed by atoms with Gasteiger partial charge in [0.05, 0.1) is 5.60 Å². The van der Waals surface area contributed by atoms with Crippen LogP contribution in [0.5, 0.6) is 0 Å². The Labute approximate surface area is 121 Å². The van der Waals surface area contributed by atoms with Crippen LogP contribution < -0.4 is 5.32 Å². The van der Waals surface area contributed by atoms with Crippen LogP contribution in [0.15, 0.2) is 41.1 Å². The van der Waals surface area contributed by atoms with Gasteiger partial charge in [-0.2, -0.15) is 0 Å². The molecule has 4 heteroatoms. The van der Waals surface area contributed by atoms with E-state index >= 15 is 0 Å². The number of hydrogen-bond donors (Lipinski definition) is 1. The van der Waals surface area contributed by atoms with Crippen molar-refractivity contribution in [1.29, 1.82) is 0 Å². The number of pyridine rings is 1. The minimum absolute atomic E-state index is 0.268. The van der Waals surface area contributed by atoms with E-state index in [4.69, 9.17) is 4.74 Å². The van der Waals surface area contributed by atoms with Gasteiger partial charge in [-0.25, -0.2) is 0 Å². The Bertz CT molecular complexity index is 625. The zero-order valence-electron chi connectivity index (χ0n) is 10.9. The summed E-state index contributed by atoms with van der Waals surface area (Å²) in [7, 11) is 0. The molecule has 2 aromatic rings. The molecule has 1 aromatic heterocycles. The van der Waals surface area contributed by atoms with Crippen LogP contribution in [0.3, 0.4) is 0 Å². The van der Waals surface area contributed by atoms with E-state index in [0.717, 1.165) is 21.3 Å². The second-order valence-electron chi connectivity index (χ2n) is 5.13. The molecule has 0 amide bonds. The Morgan fingerprint density at radius 2 is 2.05 bits per heavy atom. The first-order valence-corrected chi connectivity index (χ1v) is 6.99. The Morgan fingerprint density at radius 3 is 2.84 bits per heavy atom. The molecule has 2 heterocycles. The Kier molecular flexibility index (Phi) is 3.07. The average molecular weight is 319 g/mol. The second-order valence-corrected chi connectivity index (χ2v) is 6.04. The van der Waals surface area contributed by atoms with Crippen molar-refractivity contribution in [2.75, 3.05) is 12.0 Å². The van der Waals surface area contributed by atoms with Gasteiger partial charge in [0.2, 0.25) is 0 Å². The van der Waals surface area contributed by atoms with Crippen LogP contribution in [0.1, 0.15) is 19.4 Å². The van der Waals surface area contributed by atoms with Gasteiger partial charge in [0.15, 0.2) is 0 Å². The molecule has 3 rings (SSSR count). The summed E-state index contributed by atoms with van der Waals surface area (Å²) in [6, 6.07) is 8.45. The number of halogens is 1. The Hall–Kier alpha value is -1.39. The maximum atomic E-state index is 5.77. The van der Waals surface area contributed by atoms with Gasteiger partial charge in [-0.05, 0) is 53.5 Å². The molecule has 1 aliphatic heterocycles. The molecule has 19 heavy (non-hydrogen) atoms. The van der Waals surface area contributed by atoms with E-state index < -0.39 is 0 Å². The summed E-state index contributed by atoms with van der Waals surface area (Å²) in [4.78, 5) is 4.22. The summed E-state index contributed by atoms with van der Waals surface area (Å²) in [5.74, 6) is 0. The fourth-order valence-corrected chi connectivity index (χ4v) is 2.68. The van der Waals surface area contributed by atoms with E-state index in [1.54, 1.807) is 6.20 Å². The number of fused-ring (bicyclic) bond motifs is 1. The lowest BCUT2D eigenvalue weighted by molar-refractivity contribution is -0.0178. The first-order chi connectivity index (χ1) is 9.06. The van der Waals surface area contributed by atoms with E-state index in [0.29, 0.717) is 6.73 Å². The van der Waals surface area contributed by atoms with E-state index in [1.165, 1.54) is 5.56 Å². The molecular weight excluding hydrogens is 304 g/mol. The van der Waals surface area contributed by atoms with E-state index in [1.807, 2.05) is 6.20 Å². The lowest BCUT2D eigenvalue weighted by Crippen LogP contribution is -2.31. The van der Waals surface area contributed by atoms with Crippen LogP contribution in [0.25, 0.3) is 11.1 Å². The van der Waals surface area contributed by atoms with Crippen molar-refractivity contribution in [3.05, 3.63) is 46.7 Å². The monoisotopic (exact) mass is 318 g/mol. The molecule has 1 N–H and O–H groups in total. The highest BCUT2D eigenvalue weighted by molar-refractivity contribution is 9.10. The lowest BCUT2D eigenvalue weighted by Gasteiger charge is -2.33. The van der Waals surface area contributed by atoms with Gasteiger partial charge < -0.3 is 10.1 Å². The van der Waals surface area contributed by atoms with Gasteiger partial charge in [0.1, 0.15) is 6.73 Å². The molecule has 0 fully saturated rings. The minimum Gasteiger partial charge on any atom is -0.362 e. The quantitative estimate of drug-likeness (QED) is 0.857. The molecule has 0 unspecified atom stereocenters. The molecule has 3 nitrogen and oxygen atoms in total. The smallest absolute Gasteiger partial charge is 0.117 e. The number of anilines is 1. The highest BCUT2D eigenvalue weighted by atomic mass is 79.9. The summed E-state index contributed by atoms with van der Waals surface area (Å²) in [5.41, 5.74) is 4.29. The molecule has 0 spiro atoms. The minimum atomic E-state index is -0.268. The highest BCUT2D eigenvalue weighted by Gasteiger charge is 2.28. The molecule has 0 radical (unpaired) electrons. The Balaban J connectivity index is 2.10. The first kappa shape index (κ1) is 12.6. The highest BCUT2D eigenvalue weighted by Crippen LogP contribution is 2.37. The van der Waals surface area contributed by atoms with Crippen LogP contribution in [0, 0.1) is 0 Å². The largest absolute Gasteiger partial charge is 0.362 e. The van der Waals surface area contributed by atoms with Crippen molar-refractivity contribution >= 4 is 21.6 Å². The van der Waals surface area contributed by atoms with Crippen molar-refractivity contribution in [2.45, 2.75) is 19.4 Å². The second kappa shape index (κ2) is 4.62. The lowest BCUT2D eigenvalue weighted by atomic mass is 9.92. The van der Waals surface area contributed by atoms with Crippen LogP contribution >= 0.6 is 15.9 Å². The molecular formula is C15H15BrN2O. The summed E-state index contributed by atoms with van der Waals surface area (Å²) >= 11 is 3.46. The van der Waals surface area contributed by atoms with Crippen LogP contribution in [-0.2, 0) is 10.3 Å². The van der Waals surface area contributed by atoms with Gasteiger partial charge >= 0.3 is 0 Å². The van der Waals surface area contributed by atoms with Crippen molar-refractivity contribution < 1.29 is 4.74 Å². The van der Waals surface area contributed by atoms with Gasteiger partial charge in [-0.3, -0.25) is 4.98 Å². The van der Waals surface area contributed by atoms with Gasteiger partial charge in [-0.1, -0.05) is 6.07 Å². The van der Waals surface area contributed by atoms with Crippen molar-refractivity contribution in [3.63, 3.8) is 0 Å². The molecule has 0 saturated carbocycles. The van der Waals surface area contributed by atoms with Gasteiger partial charge in [-0.15, -0.1) is 0 Å². The zero-order chi connectivity index (χ0) is 13.5. The zero-order valence-corrected chi connectivity index (χ0v) is 12.5. The number of ether oxygens (including phenoxy) is 1. The molecule has 0 atom stereocenters. The molecule has 1 aromatic carbocycles. The number of nitrogens with one attached hydrogen (secondary N) is 1. The summed E-state index contributed by atoms with van der Waals surface area (Å²) in [6.45, 7) is 4.74. The van der Waals surface area contributed by atoms with Gasteiger partial charge in [0.25, 0.3) is 0 Å². The molecule has 0 aliphatic carbocycles. The Morgan fingerprint density at radius 1 is 1.21 bits per heavy atom. The van der Waals surface area contributed by atoms with E-state index in [-0.39, 0.29) is 5.60 Å². The van der Waals surface area contributed by atoms with Crippen LogP contribution in [-0.4, -0.2) is 11.7 Å². The average Bonchev–Trinajstić information content (AvgIpc) is 2.38. The fraction of sp³-hybridized carbons (Fsp3) is 0.267. The number of nitrogens with zero attached hydrogens (tertiary/aromatic N) is 1. The maximum Gasteiger partial charge on any atom is 0.117 e. The normalized spacial score (nSPS) is 16.6. The molecule has 1 aliphatic rings. The summed E-state index contributed by atoms with van der Waals surface area (Å²) < 4.78 is 6.75. The third-order valence-electron chi connectivity index (χ3n) is 3.40. The van der Waals surface area contributed by atoms with Crippen LogP contribution in [0.4, 0.5) is 5.69 Å². The standard InChI is InChI=1S/C15H15BrN2O/c1-15(2)13-6-10(3-4-14(13)18-9-19-15)11-5-12(16)8-17-7-11/h3-8,18H,9H2,1-2H3. The van der Waals surface area contributed by atoms with E-state index in [9.17, 15) is 0 Å². The van der Waals surface area contributed by atoms with Crippen molar-refractivity contribution in [2.24, 2.45) is 0 Å². The number of benzene rings is 1. The molecule has 0 bridgehead atoms. The molecule has 98 valence electrons. The van der Waals surface area contributed by atoms with Gasteiger partial charge in [0, 0.05) is 33.7 Å². The summed E-state index contributed by atoms with van der Waals surface area (Å²) in [6.07, 6.45) is 3.66. The number of rotatable bonds is 1. The fourth-order valence-electron chi connectivity index (χ4n) is 2.32. The SMILES string of the molecule is CC1(C)OCNc2ccc(-c3cncc(Br)c3)cc21. The summed E-state index contributed by atoms with van der Waals surface area (Å²) in [5, 5.41) is 3.26. The van der Waals surface area contributed by atoms with Crippen molar-refractivity contribution in [3.8, 4) is 11.1 Å². The predicted molar refractivity (Wildman–Crippen MR) is 80.0 cm³/mol. The number of hydrogen-bond acceptors (Lipinski definition) is 3. The third-order valence-corrected chi connectivity index (χ3v) is 3.84. The third kappa shape index (κ3) is 2.38. The maximum absolute atomic E-state index is 5.77. The topological polar surface area (TPSA) is 34.1 Å². The van der Waals surface area contributed by atoms with E-state index in [2.05, 4.69) is 64.3 Å². The predicted octanol–water partition coefficient (Wildman–Crippen LogP) is 4.15. The van der Waals surface area contributed by atoms with Crippen molar-refractivity contribution in [1.82, 2.24) is 4.98 Å². The van der Waals surface area contributed by atoms with Crippen LogP contribution in [0.2, 0.25) is 0 Å².